The summed E-state index contributed by atoms with van der Waals surface area (Å²) >= 11 is 0. The van der Waals surface area contributed by atoms with E-state index in [1.807, 2.05) is 0 Å². The van der Waals surface area contributed by atoms with Crippen molar-refractivity contribution in [3.8, 4) is 5.75 Å². The first-order valence-corrected chi connectivity index (χ1v) is 7.53. The summed E-state index contributed by atoms with van der Waals surface area (Å²) in [5.41, 5.74) is -0.602. The fourth-order valence-corrected chi connectivity index (χ4v) is 2.41. The minimum absolute atomic E-state index is 0.282. The molecular formula is C18H16N2O5. The summed E-state index contributed by atoms with van der Waals surface area (Å²) in [6, 6.07) is 13.1. The van der Waals surface area contributed by atoms with Crippen molar-refractivity contribution in [1.29, 1.82) is 0 Å². The molecule has 7 nitrogen and oxygen atoms in total. The van der Waals surface area contributed by atoms with Crippen molar-refractivity contribution in [2.75, 3.05) is 17.7 Å². The Labute approximate surface area is 143 Å². The van der Waals surface area contributed by atoms with Gasteiger partial charge in [-0.1, -0.05) is 18.2 Å². The SMILES string of the molecule is COC(=O)c1cccc(NC(=O)C2(C)Oc3ccccc3NC2=O)c1. The molecule has 2 aromatic rings. The predicted molar refractivity (Wildman–Crippen MR) is 90.5 cm³/mol. The third-order valence-electron chi connectivity index (χ3n) is 3.86. The highest BCUT2D eigenvalue weighted by Gasteiger charge is 2.47. The molecule has 0 bridgehead atoms. The quantitative estimate of drug-likeness (QED) is 0.660. The summed E-state index contributed by atoms with van der Waals surface area (Å²) in [6.45, 7) is 1.39. The molecule has 1 atom stereocenters. The lowest BCUT2D eigenvalue weighted by Crippen LogP contribution is -2.56. The highest BCUT2D eigenvalue weighted by atomic mass is 16.5. The molecule has 0 aromatic heterocycles. The number of fused-ring (bicyclic) bond motifs is 1. The maximum Gasteiger partial charge on any atom is 0.337 e. The minimum atomic E-state index is -1.74. The Hall–Kier alpha value is -3.35. The van der Waals surface area contributed by atoms with Crippen LogP contribution in [-0.4, -0.2) is 30.5 Å². The second-order valence-corrected chi connectivity index (χ2v) is 5.61. The second kappa shape index (κ2) is 6.27. The molecule has 2 N–H and O–H groups in total. The number of amides is 2. The molecular weight excluding hydrogens is 324 g/mol. The number of rotatable bonds is 3. The third-order valence-corrected chi connectivity index (χ3v) is 3.86. The van der Waals surface area contributed by atoms with Crippen LogP contribution >= 0.6 is 0 Å². The number of anilines is 2. The highest BCUT2D eigenvalue weighted by Crippen LogP contribution is 2.33. The zero-order chi connectivity index (χ0) is 18.0. The van der Waals surface area contributed by atoms with Gasteiger partial charge in [0.2, 0.25) is 0 Å². The van der Waals surface area contributed by atoms with E-state index in [1.165, 1.54) is 20.1 Å². The maximum absolute atomic E-state index is 12.6. The molecule has 7 heteroatoms. The number of nitrogens with one attached hydrogen (secondary N) is 2. The lowest BCUT2D eigenvalue weighted by Gasteiger charge is -2.33. The van der Waals surface area contributed by atoms with Gasteiger partial charge in [0.1, 0.15) is 5.75 Å². The first-order valence-electron chi connectivity index (χ1n) is 7.53. The van der Waals surface area contributed by atoms with Gasteiger partial charge in [-0.2, -0.15) is 0 Å². The molecule has 2 aromatic carbocycles. The monoisotopic (exact) mass is 340 g/mol. The van der Waals surface area contributed by atoms with Crippen molar-refractivity contribution in [2.45, 2.75) is 12.5 Å². The fourth-order valence-electron chi connectivity index (χ4n) is 2.41. The Bertz CT molecular complexity index is 864. The second-order valence-electron chi connectivity index (χ2n) is 5.61. The third kappa shape index (κ3) is 3.03. The smallest absolute Gasteiger partial charge is 0.337 e. The van der Waals surface area contributed by atoms with E-state index in [2.05, 4.69) is 15.4 Å². The van der Waals surface area contributed by atoms with Crippen LogP contribution in [0.5, 0.6) is 5.75 Å². The molecule has 1 aliphatic rings. The largest absolute Gasteiger partial charge is 0.466 e. The van der Waals surface area contributed by atoms with Crippen LogP contribution in [0.15, 0.2) is 48.5 Å². The highest BCUT2D eigenvalue weighted by molar-refractivity contribution is 6.19. The number of esters is 1. The average Bonchev–Trinajstić information content (AvgIpc) is 2.62. The number of para-hydroxylation sites is 2. The fraction of sp³-hybridized carbons (Fsp3) is 0.167. The van der Waals surface area contributed by atoms with Gasteiger partial charge in [-0.25, -0.2) is 4.79 Å². The first kappa shape index (κ1) is 16.5. The van der Waals surface area contributed by atoms with Crippen molar-refractivity contribution in [2.24, 2.45) is 0 Å². The van der Waals surface area contributed by atoms with Gasteiger partial charge in [0.05, 0.1) is 18.4 Å². The van der Waals surface area contributed by atoms with Gasteiger partial charge in [-0.15, -0.1) is 0 Å². The van der Waals surface area contributed by atoms with Gasteiger partial charge >= 0.3 is 5.97 Å². The van der Waals surface area contributed by atoms with E-state index in [0.717, 1.165) is 0 Å². The van der Waals surface area contributed by atoms with Gasteiger partial charge in [0.15, 0.2) is 0 Å². The van der Waals surface area contributed by atoms with Crippen LogP contribution < -0.4 is 15.4 Å². The Kier molecular flexibility index (Phi) is 4.14. The first-order chi connectivity index (χ1) is 11.9. The summed E-state index contributed by atoms with van der Waals surface area (Å²) < 4.78 is 10.3. The molecule has 3 rings (SSSR count). The van der Waals surface area contributed by atoms with Crippen LogP contribution in [-0.2, 0) is 14.3 Å². The maximum atomic E-state index is 12.6. The molecule has 0 fully saturated rings. The van der Waals surface area contributed by atoms with Gasteiger partial charge in [-0.05, 0) is 37.3 Å². The zero-order valence-electron chi connectivity index (χ0n) is 13.7. The summed E-state index contributed by atoms with van der Waals surface area (Å²) in [6.07, 6.45) is 0. The lowest BCUT2D eigenvalue weighted by atomic mass is 10.0. The van der Waals surface area contributed by atoms with E-state index >= 15 is 0 Å². The summed E-state index contributed by atoms with van der Waals surface area (Å²) in [5.74, 6) is -1.35. The standard InChI is InChI=1S/C18H16N2O5/c1-18(17(23)20-13-8-3-4-9-14(13)25-18)16(22)19-12-7-5-6-11(10-12)15(21)24-2/h3-10H,1-2H3,(H,19,22)(H,20,23). The number of methoxy groups -OCH3 is 1. The molecule has 2 amide bonds. The van der Waals surface area contributed by atoms with E-state index in [1.54, 1.807) is 42.5 Å². The molecule has 1 unspecified atom stereocenters. The number of hydrogen-bond donors (Lipinski definition) is 2. The molecule has 128 valence electrons. The summed E-state index contributed by atoms with van der Waals surface area (Å²) in [4.78, 5) is 36.6. The minimum Gasteiger partial charge on any atom is -0.466 e. The van der Waals surface area contributed by atoms with E-state index in [-0.39, 0.29) is 5.56 Å². The Morgan fingerprint density at radius 2 is 1.92 bits per heavy atom. The van der Waals surface area contributed by atoms with Gasteiger partial charge in [0.25, 0.3) is 17.4 Å². The zero-order valence-corrected chi connectivity index (χ0v) is 13.7. The topological polar surface area (TPSA) is 93.7 Å². The van der Waals surface area contributed by atoms with Gasteiger partial charge < -0.3 is 20.1 Å². The van der Waals surface area contributed by atoms with Crippen molar-refractivity contribution in [3.05, 3.63) is 54.1 Å². The molecule has 1 aliphatic heterocycles. The number of ether oxygens (including phenoxy) is 2. The van der Waals surface area contributed by atoms with Crippen LogP contribution in [0.2, 0.25) is 0 Å². The number of hydrogen-bond acceptors (Lipinski definition) is 5. The molecule has 1 heterocycles. The van der Waals surface area contributed by atoms with Crippen LogP contribution in [0.4, 0.5) is 11.4 Å². The van der Waals surface area contributed by atoms with Crippen LogP contribution in [0.3, 0.4) is 0 Å². The summed E-state index contributed by atoms with van der Waals surface area (Å²) in [5, 5.41) is 5.26. The van der Waals surface area contributed by atoms with Crippen LogP contribution in [0.25, 0.3) is 0 Å². The normalized spacial score (nSPS) is 18.4. The van der Waals surface area contributed by atoms with Crippen molar-refractivity contribution in [3.63, 3.8) is 0 Å². The van der Waals surface area contributed by atoms with Crippen LogP contribution in [0.1, 0.15) is 17.3 Å². The molecule has 0 saturated carbocycles. The van der Waals surface area contributed by atoms with E-state index in [0.29, 0.717) is 17.1 Å². The van der Waals surface area contributed by atoms with Crippen molar-refractivity contribution < 1.29 is 23.9 Å². The van der Waals surface area contributed by atoms with E-state index in [4.69, 9.17) is 4.74 Å². The average molecular weight is 340 g/mol. The Balaban J connectivity index is 1.84. The number of carbonyl (C=O) groups excluding carboxylic acids is 3. The van der Waals surface area contributed by atoms with Crippen molar-refractivity contribution in [1.82, 2.24) is 0 Å². The lowest BCUT2D eigenvalue weighted by molar-refractivity contribution is -0.143. The number of benzene rings is 2. The van der Waals surface area contributed by atoms with Crippen molar-refractivity contribution >= 4 is 29.2 Å². The Morgan fingerprint density at radius 3 is 2.68 bits per heavy atom. The Morgan fingerprint density at radius 1 is 1.16 bits per heavy atom. The summed E-state index contributed by atoms with van der Waals surface area (Å²) in [7, 11) is 1.27. The molecule has 0 aliphatic carbocycles. The van der Waals surface area contributed by atoms with E-state index in [9.17, 15) is 14.4 Å². The molecule has 25 heavy (non-hydrogen) atoms. The number of carbonyl (C=O) groups is 3. The van der Waals surface area contributed by atoms with E-state index < -0.39 is 23.4 Å². The molecule has 0 saturated heterocycles. The molecule has 0 radical (unpaired) electrons. The molecule has 0 spiro atoms. The van der Waals surface area contributed by atoms with Gasteiger partial charge in [-0.3, -0.25) is 9.59 Å². The van der Waals surface area contributed by atoms with Gasteiger partial charge in [0, 0.05) is 5.69 Å². The predicted octanol–water partition coefficient (Wildman–Crippen LogP) is 2.20. The van der Waals surface area contributed by atoms with Crippen LogP contribution in [0, 0.1) is 0 Å².